The van der Waals surface area contributed by atoms with Gasteiger partial charge in [-0.1, -0.05) is 18.2 Å². The second-order valence-corrected chi connectivity index (χ2v) is 5.75. The van der Waals surface area contributed by atoms with Gasteiger partial charge in [-0.15, -0.1) is 0 Å². The van der Waals surface area contributed by atoms with Crippen molar-refractivity contribution in [2.24, 2.45) is 0 Å². The molecule has 1 heterocycles. The van der Waals surface area contributed by atoms with Gasteiger partial charge in [0.05, 0.1) is 12.1 Å². The van der Waals surface area contributed by atoms with E-state index in [1.165, 1.54) is 0 Å². The van der Waals surface area contributed by atoms with Crippen LogP contribution in [0.5, 0.6) is 11.5 Å². The summed E-state index contributed by atoms with van der Waals surface area (Å²) >= 11 is 0. The third-order valence-corrected chi connectivity index (χ3v) is 3.98. The van der Waals surface area contributed by atoms with Gasteiger partial charge in [0.1, 0.15) is 11.5 Å². The van der Waals surface area contributed by atoms with Gasteiger partial charge in [-0.25, -0.2) is 0 Å². The smallest absolute Gasteiger partial charge is 0.251 e. The van der Waals surface area contributed by atoms with E-state index < -0.39 is 0 Å². The SMILES string of the molecule is CC(NC(=O)c1ccc(Oc2ccccc2)cc1)C1CCCO1. The fourth-order valence-electron chi connectivity index (χ4n) is 2.68. The summed E-state index contributed by atoms with van der Waals surface area (Å²) < 4.78 is 11.3. The van der Waals surface area contributed by atoms with E-state index in [4.69, 9.17) is 9.47 Å². The van der Waals surface area contributed by atoms with Gasteiger partial charge in [0, 0.05) is 12.2 Å². The molecule has 1 aliphatic heterocycles. The van der Waals surface area contributed by atoms with E-state index >= 15 is 0 Å². The second kappa shape index (κ2) is 7.29. The molecule has 1 aliphatic rings. The third kappa shape index (κ3) is 4.11. The second-order valence-electron chi connectivity index (χ2n) is 5.75. The first-order chi connectivity index (χ1) is 11.2. The van der Waals surface area contributed by atoms with Crippen molar-refractivity contribution in [3.05, 3.63) is 60.2 Å². The van der Waals surface area contributed by atoms with Crippen LogP contribution >= 0.6 is 0 Å². The molecule has 3 rings (SSSR count). The molecule has 0 aromatic heterocycles. The first kappa shape index (κ1) is 15.6. The Morgan fingerprint density at radius 3 is 2.48 bits per heavy atom. The molecule has 120 valence electrons. The molecular weight excluding hydrogens is 290 g/mol. The first-order valence-electron chi connectivity index (χ1n) is 7.98. The molecule has 2 unspecified atom stereocenters. The molecule has 0 bridgehead atoms. The number of nitrogens with one attached hydrogen (secondary N) is 1. The number of benzene rings is 2. The zero-order valence-corrected chi connectivity index (χ0v) is 13.2. The largest absolute Gasteiger partial charge is 0.457 e. The molecular formula is C19H21NO3. The lowest BCUT2D eigenvalue weighted by Gasteiger charge is -2.20. The molecule has 0 radical (unpaired) electrons. The number of para-hydroxylation sites is 1. The Morgan fingerprint density at radius 1 is 1.13 bits per heavy atom. The van der Waals surface area contributed by atoms with Gasteiger partial charge in [-0.2, -0.15) is 0 Å². The van der Waals surface area contributed by atoms with Crippen LogP contribution < -0.4 is 10.1 Å². The van der Waals surface area contributed by atoms with Gasteiger partial charge in [0.25, 0.3) is 5.91 Å². The Bertz CT molecular complexity index is 633. The molecule has 1 N–H and O–H groups in total. The summed E-state index contributed by atoms with van der Waals surface area (Å²) in [4.78, 5) is 12.3. The molecule has 4 heteroatoms. The van der Waals surface area contributed by atoms with E-state index in [9.17, 15) is 4.79 Å². The molecule has 2 atom stereocenters. The summed E-state index contributed by atoms with van der Waals surface area (Å²) in [6.45, 7) is 2.77. The van der Waals surface area contributed by atoms with Crippen molar-refractivity contribution in [2.75, 3.05) is 6.61 Å². The van der Waals surface area contributed by atoms with Crippen LogP contribution in [0.15, 0.2) is 54.6 Å². The van der Waals surface area contributed by atoms with Crippen molar-refractivity contribution >= 4 is 5.91 Å². The summed E-state index contributed by atoms with van der Waals surface area (Å²) in [5.74, 6) is 1.40. The minimum atomic E-state index is -0.0840. The Labute approximate surface area is 136 Å². The Hall–Kier alpha value is -2.33. The molecule has 0 saturated carbocycles. The molecule has 1 saturated heterocycles. The third-order valence-electron chi connectivity index (χ3n) is 3.98. The Kier molecular flexibility index (Phi) is 4.93. The van der Waals surface area contributed by atoms with Gasteiger partial charge in [-0.05, 0) is 56.2 Å². The normalized spacial score (nSPS) is 18.4. The maximum atomic E-state index is 12.3. The molecule has 4 nitrogen and oxygen atoms in total. The van der Waals surface area contributed by atoms with Crippen molar-refractivity contribution in [1.29, 1.82) is 0 Å². The van der Waals surface area contributed by atoms with Crippen LogP contribution in [0, 0.1) is 0 Å². The van der Waals surface area contributed by atoms with Crippen LogP contribution in [0.25, 0.3) is 0 Å². The molecule has 2 aromatic carbocycles. The molecule has 2 aromatic rings. The van der Waals surface area contributed by atoms with E-state index in [-0.39, 0.29) is 18.1 Å². The van der Waals surface area contributed by atoms with E-state index in [2.05, 4.69) is 5.32 Å². The summed E-state index contributed by atoms with van der Waals surface area (Å²) in [6.07, 6.45) is 2.20. The van der Waals surface area contributed by atoms with Crippen LogP contribution in [0.4, 0.5) is 0 Å². The van der Waals surface area contributed by atoms with E-state index in [1.807, 2.05) is 37.3 Å². The lowest BCUT2D eigenvalue weighted by atomic mass is 10.1. The quantitative estimate of drug-likeness (QED) is 0.914. The van der Waals surface area contributed by atoms with Crippen molar-refractivity contribution in [3.63, 3.8) is 0 Å². The number of ether oxygens (including phenoxy) is 2. The van der Waals surface area contributed by atoms with Crippen LogP contribution in [0.3, 0.4) is 0 Å². The van der Waals surface area contributed by atoms with Crippen molar-refractivity contribution in [2.45, 2.75) is 31.9 Å². The number of carbonyl (C=O) groups is 1. The lowest BCUT2D eigenvalue weighted by molar-refractivity contribution is 0.0712. The van der Waals surface area contributed by atoms with Crippen LogP contribution in [-0.2, 0) is 4.74 Å². The molecule has 0 spiro atoms. The molecule has 1 amide bonds. The average molecular weight is 311 g/mol. The highest BCUT2D eigenvalue weighted by Crippen LogP contribution is 2.21. The van der Waals surface area contributed by atoms with Crippen molar-refractivity contribution < 1.29 is 14.3 Å². The minimum absolute atomic E-state index is 0.0187. The highest BCUT2D eigenvalue weighted by atomic mass is 16.5. The summed E-state index contributed by atoms with van der Waals surface area (Å²) in [6, 6.07) is 16.7. The van der Waals surface area contributed by atoms with Gasteiger partial charge in [0.2, 0.25) is 0 Å². The predicted molar refractivity (Wildman–Crippen MR) is 88.9 cm³/mol. The van der Waals surface area contributed by atoms with Gasteiger partial charge >= 0.3 is 0 Å². The van der Waals surface area contributed by atoms with Gasteiger partial charge in [0.15, 0.2) is 0 Å². The minimum Gasteiger partial charge on any atom is -0.457 e. The number of amides is 1. The number of carbonyl (C=O) groups excluding carboxylic acids is 1. The topological polar surface area (TPSA) is 47.6 Å². The highest BCUT2D eigenvalue weighted by molar-refractivity contribution is 5.94. The predicted octanol–water partition coefficient (Wildman–Crippen LogP) is 3.78. The number of hydrogen-bond donors (Lipinski definition) is 1. The number of rotatable bonds is 5. The maximum Gasteiger partial charge on any atom is 0.251 e. The first-order valence-corrected chi connectivity index (χ1v) is 7.98. The number of hydrogen-bond acceptors (Lipinski definition) is 3. The van der Waals surface area contributed by atoms with Crippen LogP contribution in [0.2, 0.25) is 0 Å². The van der Waals surface area contributed by atoms with E-state index in [0.717, 1.165) is 25.2 Å². The van der Waals surface area contributed by atoms with Crippen LogP contribution in [0.1, 0.15) is 30.1 Å². The van der Waals surface area contributed by atoms with E-state index in [1.54, 1.807) is 24.3 Å². The summed E-state index contributed by atoms with van der Waals surface area (Å²) in [5, 5.41) is 3.00. The van der Waals surface area contributed by atoms with E-state index in [0.29, 0.717) is 11.3 Å². The zero-order valence-electron chi connectivity index (χ0n) is 13.2. The Morgan fingerprint density at radius 2 is 1.83 bits per heavy atom. The average Bonchev–Trinajstić information content (AvgIpc) is 3.11. The van der Waals surface area contributed by atoms with Gasteiger partial charge < -0.3 is 14.8 Å². The summed E-state index contributed by atoms with van der Waals surface area (Å²) in [7, 11) is 0. The fraction of sp³-hybridized carbons (Fsp3) is 0.316. The van der Waals surface area contributed by atoms with Crippen molar-refractivity contribution in [3.8, 4) is 11.5 Å². The van der Waals surface area contributed by atoms with Crippen molar-refractivity contribution in [1.82, 2.24) is 5.32 Å². The van der Waals surface area contributed by atoms with Crippen LogP contribution in [-0.4, -0.2) is 24.7 Å². The highest BCUT2D eigenvalue weighted by Gasteiger charge is 2.23. The zero-order chi connectivity index (χ0) is 16.1. The lowest BCUT2D eigenvalue weighted by Crippen LogP contribution is -2.40. The fourth-order valence-corrected chi connectivity index (χ4v) is 2.68. The monoisotopic (exact) mass is 311 g/mol. The van der Waals surface area contributed by atoms with Gasteiger partial charge in [-0.3, -0.25) is 4.79 Å². The molecule has 1 fully saturated rings. The molecule has 0 aliphatic carbocycles. The summed E-state index contributed by atoms with van der Waals surface area (Å²) in [5.41, 5.74) is 0.621. The standard InChI is InChI=1S/C19H21NO3/c1-14(18-8-5-13-22-18)20-19(21)15-9-11-17(12-10-15)23-16-6-3-2-4-7-16/h2-4,6-7,9-12,14,18H,5,8,13H2,1H3,(H,20,21). The molecule has 23 heavy (non-hydrogen) atoms. The maximum absolute atomic E-state index is 12.3. The Balaban J connectivity index is 1.59.